The second-order valence-electron chi connectivity index (χ2n) is 21.6. The summed E-state index contributed by atoms with van der Waals surface area (Å²) in [5.74, 6) is 0.635. The van der Waals surface area contributed by atoms with Gasteiger partial charge in [-0.1, -0.05) is 182 Å². The first kappa shape index (κ1) is 49.0. The Morgan fingerprint density at radius 2 is 0.635 bits per heavy atom. The van der Waals surface area contributed by atoms with Crippen LogP contribution in [0.5, 0.6) is 0 Å². The van der Waals surface area contributed by atoms with Gasteiger partial charge in [-0.05, 0) is 125 Å². The molecule has 0 fully saturated rings. The summed E-state index contributed by atoms with van der Waals surface area (Å²) in [6.07, 6.45) is 0. The van der Waals surface area contributed by atoms with Crippen LogP contribution in [0.1, 0.15) is 11.1 Å². The summed E-state index contributed by atoms with van der Waals surface area (Å²) in [5.41, 5.74) is 20.8. The fourth-order valence-electron chi connectivity index (χ4n) is 12.8. The molecule has 0 saturated heterocycles. The molecule has 16 rings (SSSR count). The molecule has 7 nitrogen and oxygen atoms in total. The van der Waals surface area contributed by atoms with Crippen LogP contribution in [0.15, 0.2) is 285 Å². The van der Waals surface area contributed by atoms with E-state index in [4.69, 9.17) is 9.97 Å². The van der Waals surface area contributed by atoms with Crippen molar-refractivity contribution in [1.29, 1.82) is 10.5 Å². The lowest BCUT2D eigenvalue weighted by atomic mass is 9.91. The van der Waals surface area contributed by atoms with Gasteiger partial charge in [-0.2, -0.15) is 10.5 Å². The van der Waals surface area contributed by atoms with E-state index in [1.807, 2.05) is 36.4 Å². The predicted molar refractivity (Wildman–Crippen MR) is 347 cm³/mol. The first-order valence-electron chi connectivity index (χ1n) is 28.4. The van der Waals surface area contributed by atoms with Crippen LogP contribution in [0, 0.1) is 22.7 Å². The van der Waals surface area contributed by atoms with E-state index in [1.54, 1.807) is 6.07 Å². The predicted octanol–water partition coefficient (Wildman–Crippen LogP) is 19.5. The molecule has 0 N–H and O–H groups in total. The SMILES string of the molecule is N#Cc1cc(C#N)cc(-c2ccc3c(c2)c2ccccc2n3-c2c(-c3ccc(-n4c5ccccc5c5ccccc54)cc3)cc(-c3cc(-c4ccccc4)nc(-c4ccccc4)n3)cc2-c2ccc(-n3c4ccccc4c4ccccc43)cc2)c1. The Kier molecular flexibility index (Phi) is 11.5. The van der Waals surface area contributed by atoms with Gasteiger partial charge < -0.3 is 13.7 Å². The molecule has 0 bridgehead atoms. The van der Waals surface area contributed by atoms with Crippen molar-refractivity contribution >= 4 is 65.4 Å². The molecule has 0 aliphatic rings. The molecule has 0 amide bonds. The third-order valence-electron chi connectivity index (χ3n) is 16.7. The number of para-hydroxylation sites is 5. The zero-order chi connectivity index (χ0) is 56.5. The molecule has 0 spiro atoms. The Bertz CT molecular complexity index is 5050. The van der Waals surface area contributed by atoms with Crippen LogP contribution in [0.4, 0.5) is 0 Å². The molecular weight excluding hydrogens is 1030 g/mol. The van der Waals surface area contributed by atoms with Gasteiger partial charge in [0.2, 0.25) is 0 Å². The van der Waals surface area contributed by atoms with E-state index < -0.39 is 0 Å². The molecule has 12 aromatic carbocycles. The van der Waals surface area contributed by atoms with Crippen molar-refractivity contribution in [1.82, 2.24) is 23.7 Å². The van der Waals surface area contributed by atoms with E-state index in [0.29, 0.717) is 17.0 Å². The molecule has 7 heteroatoms. The van der Waals surface area contributed by atoms with Crippen molar-refractivity contribution in [2.45, 2.75) is 0 Å². The highest BCUT2D eigenvalue weighted by atomic mass is 15.0. The summed E-state index contributed by atoms with van der Waals surface area (Å²) in [7, 11) is 0. The number of benzene rings is 12. The number of hydrogen-bond donors (Lipinski definition) is 0. The Labute approximate surface area is 489 Å². The smallest absolute Gasteiger partial charge is 0.160 e. The lowest BCUT2D eigenvalue weighted by molar-refractivity contribution is 1.16. The first-order chi connectivity index (χ1) is 42.0. The average molecular weight is 1080 g/mol. The maximum absolute atomic E-state index is 10.1. The highest BCUT2D eigenvalue weighted by Gasteiger charge is 2.25. The molecule has 0 saturated carbocycles. The van der Waals surface area contributed by atoms with Gasteiger partial charge in [0.05, 0.1) is 73.4 Å². The molecule has 4 aromatic heterocycles. The molecular formula is C78H47N7. The summed E-state index contributed by atoms with van der Waals surface area (Å²) < 4.78 is 7.16. The molecule has 0 radical (unpaired) electrons. The van der Waals surface area contributed by atoms with Gasteiger partial charge in [0.25, 0.3) is 0 Å². The van der Waals surface area contributed by atoms with E-state index in [-0.39, 0.29) is 0 Å². The third-order valence-corrected chi connectivity index (χ3v) is 16.7. The number of nitriles is 2. The van der Waals surface area contributed by atoms with E-state index in [1.165, 1.54) is 21.5 Å². The Morgan fingerprint density at radius 1 is 0.259 bits per heavy atom. The number of fused-ring (bicyclic) bond motifs is 9. The highest BCUT2D eigenvalue weighted by molar-refractivity contribution is 6.13. The number of rotatable bonds is 9. The van der Waals surface area contributed by atoms with Gasteiger partial charge in [0.15, 0.2) is 5.82 Å². The van der Waals surface area contributed by atoms with Crippen molar-refractivity contribution in [3.05, 3.63) is 296 Å². The summed E-state index contributed by atoms with van der Waals surface area (Å²) in [6.45, 7) is 0. The summed E-state index contributed by atoms with van der Waals surface area (Å²) in [4.78, 5) is 10.7. The number of hydrogen-bond acceptors (Lipinski definition) is 4. The van der Waals surface area contributed by atoms with Crippen molar-refractivity contribution < 1.29 is 0 Å². The quantitative estimate of drug-likeness (QED) is 0.144. The summed E-state index contributed by atoms with van der Waals surface area (Å²) in [6, 6.07) is 105. The van der Waals surface area contributed by atoms with Crippen LogP contribution in [-0.2, 0) is 0 Å². The monoisotopic (exact) mass is 1080 g/mol. The van der Waals surface area contributed by atoms with Crippen molar-refractivity contribution in [3.8, 4) is 96.5 Å². The van der Waals surface area contributed by atoms with Crippen molar-refractivity contribution in [2.24, 2.45) is 0 Å². The number of aromatic nitrogens is 5. The van der Waals surface area contributed by atoms with Gasteiger partial charge in [-0.15, -0.1) is 0 Å². The Hall–Kier alpha value is -11.9. The van der Waals surface area contributed by atoms with E-state index >= 15 is 0 Å². The van der Waals surface area contributed by atoms with E-state index in [9.17, 15) is 10.5 Å². The maximum Gasteiger partial charge on any atom is 0.160 e. The molecule has 394 valence electrons. The van der Waals surface area contributed by atoms with Gasteiger partial charge >= 0.3 is 0 Å². The molecule has 4 heterocycles. The van der Waals surface area contributed by atoms with E-state index in [2.05, 4.69) is 268 Å². The molecule has 85 heavy (non-hydrogen) atoms. The summed E-state index contributed by atoms with van der Waals surface area (Å²) in [5, 5.41) is 27.0. The zero-order valence-electron chi connectivity index (χ0n) is 45.8. The maximum atomic E-state index is 10.1. The standard InChI is InChI=1S/C78H47N7/c79-48-50-41-51(49-80)43-57(42-50)56-35-40-76-68(44-56)65-25-11-16-30-75(65)85(76)77-66(52-31-36-59(37-32-52)83-71-26-12-7-21-61(71)62-22-8-13-27-72(62)83)45-58(70-47-69(54-17-3-1-4-18-54)81-78(82-70)55-19-5-2-6-20-55)46-67(77)53-33-38-60(39-34-53)84-73-28-14-9-23-63(73)64-24-10-15-29-74(64)84/h1-47H. The van der Waals surface area contributed by atoms with E-state index in [0.717, 1.165) is 122 Å². The fraction of sp³-hybridized carbons (Fsp3) is 0. The zero-order valence-corrected chi connectivity index (χ0v) is 45.8. The fourth-order valence-corrected chi connectivity index (χ4v) is 12.8. The van der Waals surface area contributed by atoms with Crippen LogP contribution >= 0.6 is 0 Å². The second kappa shape index (κ2) is 20.0. The van der Waals surface area contributed by atoms with Crippen LogP contribution in [-0.4, -0.2) is 23.7 Å². The highest BCUT2D eigenvalue weighted by Crippen LogP contribution is 2.46. The Morgan fingerprint density at radius 3 is 1.09 bits per heavy atom. The first-order valence-corrected chi connectivity index (χ1v) is 28.4. The summed E-state index contributed by atoms with van der Waals surface area (Å²) >= 11 is 0. The average Bonchev–Trinajstić information content (AvgIpc) is 2.30. The lowest BCUT2D eigenvalue weighted by Gasteiger charge is -2.22. The third kappa shape index (κ3) is 8.18. The van der Waals surface area contributed by atoms with Gasteiger partial charge in [0.1, 0.15) is 0 Å². The molecule has 16 aromatic rings. The normalized spacial score (nSPS) is 11.5. The van der Waals surface area contributed by atoms with Crippen LogP contribution in [0.25, 0.3) is 150 Å². The molecule has 0 atom stereocenters. The lowest BCUT2D eigenvalue weighted by Crippen LogP contribution is -2.03. The molecule has 0 aliphatic carbocycles. The van der Waals surface area contributed by atoms with Crippen LogP contribution in [0.3, 0.4) is 0 Å². The van der Waals surface area contributed by atoms with Gasteiger partial charge in [0, 0.05) is 71.5 Å². The van der Waals surface area contributed by atoms with Gasteiger partial charge in [-0.25, -0.2) is 9.97 Å². The molecule has 0 unspecified atom stereocenters. The van der Waals surface area contributed by atoms with Crippen LogP contribution < -0.4 is 0 Å². The topological polar surface area (TPSA) is 88.2 Å². The number of nitrogens with zero attached hydrogens (tertiary/aromatic N) is 7. The van der Waals surface area contributed by atoms with Crippen LogP contribution in [0.2, 0.25) is 0 Å². The van der Waals surface area contributed by atoms with Crippen molar-refractivity contribution in [2.75, 3.05) is 0 Å². The Balaban J connectivity index is 0.994. The molecule has 0 aliphatic heterocycles. The minimum atomic E-state index is 0.440. The minimum Gasteiger partial charge on any atom is -0.309 e. The minimum absolute atomic E-state index is 0.440. The van der Waals surface area contributed by atoms with Crippen molar-refractivity contribution in [3.63, 3.8) is 0 Å². The van der Waals surface area contributed by atoms with Gasteiger partial charge in [-0.3, -0.25) is 0 Å². The second-order valence-corrected chi connectivity index (χ2v) is 21.6. The largest absolute Gasteiger partial charge is 0.309 e.